The SMILES string of the molecule is CCOc1ccccc1CNC(=O)[C@H](C)n1nc(C)c2ccccc21. The maximum absolute atomic E-state index is 12.6. The van der Waals surface area contributed by atoms with E-state index in [1.807, 2.05) is 69.3 Å². The van der Waals surface area contributed by atoms with Crippen molar-refractivity contribution in [3.05, 3.63) is 59.8 Å². The molecule has 0 radical (unpaired) electrons. The van der Waals surface area contributed by atoms with Gasteiger partial charge in [-0.15, -0.1) is 0 Å². The number of para-hydroxylation sites is 2. The summed E-state index contributed by atoms with van der Waals surface area (Å²) in [6, 6.07) is 15.3. The molecule has 0 saturated heterocycles. The van der Waals surface area contributed by atoms with E-state index in [4.69, 9.17) is 4.74 Å². The van der Waals surface area contributed by atoms with Gasteiger partial charge in [-0.1, -0.05) is 36.4 Å². The fraction of sp³-hybridized carbons (Fsp3) is 0.300. The van der Waals surface area contributed by atoms with Crippen molar-refractivity contribution in [1.82, 2.24) is 15.1 Å². The van der Waals surface area contributed by atoms with Crippen LogP contribution in [0, 0.1) is 6.92 Å². The summed E-state index contributed by atoms with van der Waals surface area (Å²) in [7, 11) is 0. The molecule has 1 N–H and O–H groups in total. The maximum Gasteiger partial charge on any atom is 0.244 e. The highest BCUT2D eigenvalue weighted by atomic mass is 16.5. The highest BCUT2D eigenvalue weighted by Gasteiger charge is 2.19. The largest absolute Gasteiger partial charge is 0.494 e. The van der Waals surface area contributed by atoms with Crippen LogP contribution < -0.4 is 10.1 Å². The van der Waals surface area contributed by atoms with E-state index in [1.165, 1.54) is 0 Å². The number of fused-ring (bicyclic) bond motifs is 1. The summed E-state index contributed by atoms with van der Waals surface area (Å²) in [6.07, 6.45) is 0. The zero-order valence-corrected chi connectivity index (χ0v) is 14.8. The van der Waals surface area contributed by atoms with Crippen molar-refractivity contribution in [2.75, 3.05) is 6.61 Å². The lowest BCUT2D eigenvalue weighted by Gasteiger charge is -2.15. The Hall–Kier alpha value is -2.82. The molecule has 3 aromatic rings. The van der Waals surface area contributed by atoms with Crippen molar-refractivity contribution in [2.24, 2.45) is 0 Å². The lowest BCUT2D eigenvalue weighted by molar-refractivity contribution is -0.124. The van der Waals surface area contributed by atoms with Gasteiger partial charge in [0.1, 0.15) is 11.8 Å². The Morgan fingerprint density at radius 3 is 2.72 bits per heavy atom. The van der Waals surface area contributed by atoms with Crippen LogP contribution in [0.25, 0.3) is 10.9 Å². The van der Waals surface area contributed by atoms with Gasteiger partial charge in [-0.05, 0) is 32.9 Å². The van der Waals surface area contributed by atoms with Crippen LogP contribution in [-0.4, -0.2) is 22.3 Å². The summed E-state index contributed by atoms with van der Waals surface area (Å²) in [6.45, 7) is 6.80. The number of carbonyl (C=O) groups is 1. The average Bonchev–Trinajstić information content (AvgIpc) is 2.97. The summed E-state index contributed by atoms with van der Waals surface area (Å²) in [5, 5.41) is 8.61. The van der Waals surface area contributed by atoms with Gasteiger partial charge >= 0.3 is 0 Å². The van der Waals surface area contributed by atoms with Gasteiger partial charge in [-0.2, -0.15) is 5.10 Å². The zero-order valence-electron chi connectivity index (χ0n) is 14.8. The van der Waals surface area contributed by atoms with E-state index in [2.05, 4.69) is 10.4 Å². The monoisotopic (exact) mass is 337 g/mol. The van der Waals surface area contributed by atoms with Crippen molar-refractivity contribution in [3.63, 3.8) is 0 Å². The molecule has 25 heavy (non-hydrogen) atoms. The van der Waals surface area contributed by atoms with E-state index >= 15 is 0 Å². The van der Waals surface area contributed by atoms with Crippen LogP contribution in [0.3, 0.4) is 0 Å². The molecule has 1 atom stereocenters. The van der Waals surface area contributed by atoms with Crippen LogP contribution in [0.1, 0.15) is 31.1 Å². The molecule has 0 aliphatic heterocycles. The van der Waals surface area contributed by atoms with Crippen LogP contribution >= 0.6 is 0 Å². The van der Waals surface area contributed by atoms with Gasteiger partial charge in [0, 0.05) is 17.5 Å². The molecule has 0 aliphatic rings. The van der Waals surface area contributed by atoms with Gasteiger partial charge in [0.15, 0.2) is 0 Å². The van der Waals surface area contributed by atoms with E-state index in [0.717, 1.165) is 27.9 Å². The minimum absolute atomic E-state index is 0.0699. The molecular formula is C20H23N3O2. The molecule has 1 aromatic heterocycles. The van der Waals surface area contributed by atoms with Gasteiger partial charge in [0.2, 0.25) is 5.91 Å². The lowest BCUT2D eigenvalue weighted by atomic mass is 10.2. The highest BCUT2D eigenvalue weighted by Crippen LogP contribution is 2.22. The molecule has 0 unspecified atom stereocenters. The van der Waals surface area contributed by atoms with Crippen molar-refractivity contribution in [1.29, 1.82) is 0 Å². The summed E-state index contributed by atoms with van der Waals surface area (Å²) < 4.78 is 7.39. The number of benzene rings is 2. The fourth-order valence-corrected chi connectivity index (χ4v) is 2.93. The molecule has 1 amide bonds. The molecule has 130 valence electrons. The lowest BCUT2D eigenvalue weighted by Crippen LogP contribution is -2.31. The van der Waals surface area contributed by atoms with Gasteiger partial charge in [-0.3, -0.25) is 9.48 Å². The first-order chi connectivity index (χ1) is 12.1. The van der Waals surface area contributed by atoms with E-state index in [1.54, 1.807) is 4.68 Å². The quantitative estimate of drug-likeness (QED) is 0.747. The van der Waals surface area contributed by atoms with Crippen LogP contribution in [0.4, 0.5) is 0 Å². The van der Waals surface area contributed by atoms with E-state index in [-0.39, 0.29) is 5.91 Å². The number of hydrogen-bond acceptors (Lipinski definition) is 3. The van der Waals surface area contributed by atoms with Gasteiger partial charge in [0.25, 0.3) is 0 Å². The number of carbonyl (C=O) groups excluding carboxylic acids is 1. The Kier molecular flexibility index (Phi) is 5.03. The van der Waals surface area contributed by atoms with Gasteiger partial charge in [-0.25, -0.2) is 0 Å². The second-order valence-electron chi connectivity index (χ2n) is 5.98. The third-order valence-electron chi connectivity index (χ3n) is 4.27. The molecule has 1 heterocycles. The molecule has 2 aromatic carbocycles. The number of ether oxygens (including phenoxy) is 1. The number of rotatable bonds is 6. The number of aromatic nitrogens is 2. The van der Waals surface area contributed by atoms with Gasteiger partial charge in [0.05, 0.1) is 17.8 Å². The molecule has 0 fully saturated rings. The summed E-state index contributed by atoms with van der Waals surface area (Å²) in [4.78, 5) is 12.6. The zero-order chi connectivity index (χ0) is 17.8. The van der Waals surface area contributed by atoms with Crippen molar-refractivity contribution < 1.29 is 9.53 Å². The second kappa shape index (κ2) is 7.38. The number of hydrogen-bond donors (Lipinski definition) is 1. The Morgan fingerprint density at radius 2 is 1.92 bits per heavy atom. The second-order valence-corrected chi connectivity index (χ2v) is 5.98. The standard InChI is InChI=1S/C20H23N3O2/c1-4-25-19-12-8-5-9-16(19)13-21-20(24)15(3)23-18-11-7-6-10-17(18)14(2)22-23/h5-12,15H,4,13H2,1-3H3,(H,21,24)/t15-/m0/s1. The van der Waals surface area contributed by atoms with Crippen LogP contribution in [-0.2, 0) is 11.3 Å². The smallest absolute Gasteiger partial charge is 0.244 e. The summed E-state index contributed by atoms with van der Waals surface area (Å²) in [5.74, 6) is 0.734. The number of aryl methyl sites for hydroxylation is 1. The topological polar surface area (TPSA) is 56.1 Å². The van der Waals surface area contributed by atoms with Crippen LogP contribution in [0.2, 0.25) is 0 Å². The molecule has 0 spiro atoms. The highest BCUT2D eigenvalue weighted by molar-refractivity contribution is 5.86. The van der Waals surface area contributed by atoms with E-state index in [9.17, 15) is 4.79 Å². The first-order valence-corrected chi connectivity index (χ1v) is 8.54. The Bertz CT molecular complexity index is 886. The predicted molar refractivity (Wildman–Crippen MR) is 98.6 cm³/mol. The molecule has 5 nitrogen and oxygen atoms in total. The fourth-order valence-electron chi connectivity index (χ4n) is 2.93. The minimum Gasteiger partial charge on any atom is -0.494 e. The molecule has 0 saturated carbocycles. The van der Waals surface area contributed by atoms with Crippen LogP contribution in [0.5, 0.6) is 5.75 Å². The summed E-state index contributed by atoms with van der Waals surface area (Å²) in [5.41, 5.74) is 2.86. The predicted octanol–water partition coefficient (Wildman–Crippen LogP) is 3.62. The summed E-state index contributed by atoms with van der Waals surface area (Å²) >= 11 is 0. The third-order valence-corrected chi connectivity index (χ3v) is 4.27. The molecule has 0 aliphatic carbocycles. The third kappa shape index (κ3) is 3.50. The maximum atomic E-state index is 12.6. The number of nitrogens with one attached hydrogen (secondary N) is 1. The normalized spacial score (nSPS) is 12.1. The molecule has 3 rings (SSSR count). The van der Waals surface area contributed by atoms with E-state index in [0.29, 0.717) is 13.2 Å². The van der Waals surface area contributed by atoms with Gasteiger partial charge < -0.3 is 10.1 Å². The molecule has 5 heteroatoms. The Balaban J connectivity index is 1.75. The molecular weight excluding hydrogens is 314 g/mol. The van der Waals surface area contributed by atoms with Crippen LogP contribution in [0.15, 0.2) is 48.5 Å². The van der Waals surface area contributed by atoms with Crippen molar-refractivity contribution in [2.45, 2.75) is 33.4 Å². The number of nitrogens with zero attached hydrogens (tertiary/aromatic N) is 2. The number of amides is 1. The molecule has 0 bridgehead atoms. The Labute approximate surface area is 147 Å². The van der Waals surface area contributed by atoms with Crippen molar-refractivity contribution in [3.8, 4) is 5.75 Å². The van der Waals surface area contributed by atoms with Crippen molar-refractivity contribution >= 4 is 16.8 Å². The average molecular weight is 337 g/mol. The van der Waals surface area contributed by atoms with E-state index < -0.39 is 6.04 Å². The minimum atomic E-state index is -0.391. The first-order valence-electron chi connectivity index (χ1n) is 8.54. The first kappa shape index (κ1) is 17.0. The Morgan fingerprint density at radius 1 is 1.20 bits per heavy atom.